The van der Waals surface area contributed by atoms with Crippen molar-refractivity contribution >= 4 is 0 Å². The first kappa shape index (κ1) is 12.0. The minimum Gasteiger partial charge on any atom is -0.508 e. The summed E-state index contributed by atoms with van der Waals surface area (Å²) in [5.41, 5.74) is 6.47. The zero-order valence-electron chi connectivity index (χ0n) is 8.85. The van der Waals surface area contributed by atoms with E-state index in [0.717, 1.165) is 6.54 Å². The molecule has 15 heavy (non-hydrogen) atoms. The topological polar surface area (TPSA) is 78.5 Å². The zero-order chi connectivity index (χ0) is 11.3. The van der Waals surface area contributed by atoms with Gasteiger partial charge in [-0.05, 0) is 37.7 Å². The molecule has 0 saturated carbocycles. The molecule has 0 aliphatic heterocycles. The molecule has 1 aromatic carbocycles. The zero-order valence-corrected chi connectivity index (χ0v) is 8.85. The Kier molecular flexibility index (Phi) is 4.55. The van der Waals surface area contributed by atoms with Crippen LogP contribution < -0.4 is 11.1 Å². The SMILES string of the molecule is CNCCC(N)C(O)c1cccc(O)c1. The Hall–Kier alpha value is -1.10. The average Bonchev–Trinajstić information content (AvgIpc) is 2.24. The van der Waals surface area contributed by atoms with Gasteiger partial charge < -0.3 is 21.3 Å². The van der Waals surface area contributed by atoms with Crippen molar-refractivity contribution in [2.24, 2.45) is 5.73 Å². The predicted octanol–water partition coefficient (Wildman–Crippen LogP) is 0.362. The summed E-state index contributed by atoms with van der Waals surface area (Å²) in [7, 11) is 1.84. The van der Waals surface area contributed by atoms with Crippen LogP contribution in [0.25, 0.3) is 0 Å². The van der Waals surface area contributed by atoms with Crippen molar-refractivity contribution < 1.29 is 10.2 Å². The fraction of sp³-hybridized carbons (Fsp3) is 0.455. The quantitative estimate of drug-likeness (QED) is 0.566. The van der Waals surface area contributed by atoms with E-state index in [2.05, 4.69) is 5.32 Å². The van der Waals surface area contributed by atoms with Gasteiger partial charge in [0.25, 0.3) is 0 Å². The molecule has 4 nitrogen and oxygen atoms in total. The molecule has 0 amide bonds. The number of aromatic hydroxyl groups is 1. The van der Waals surface area contributed by atoms with Crippen LogP contribution in [0.5, 0.6) is 5.75 Å². The highest BCUT2D eigenvalue weighted by atomic mass is 16.3. The summed E-state index contributed by atoms with van der Waals surface area (Å²) >= 11 is 0. The van der Waals surface area contributed by atoms with Crippen molar-refractivity contribution in [2.45, 2.75) is 18.6 Å². The van der Waals surface area contributed by atoms with E-state index in [1.807, 2.05) is 7.05 Å². The van der Waals surface area contributed by atoms with Gasteiger partial charge in [0.2, 0.25) is 0 Å². The second-order valence-electron chi connectivity index (χ2n) is 3.60. The fourth-order valence-corrected chi connectivity index (χ4v) is 1.42. The van der Waals surface area contributed by atoms with Gasteiger partial charge in [-0.15, -0.1) is 0 Å². The molecule has 0 heterocycles. The number of aliphatic hydroxyl groups is 1. The molecular weight excluding hydrogens is 192 g/mol. The summed E-state index contributed by atoms with van der Waals surface area (Å²) in [6, 6.07) is 6.22. The van der Waals surface area contributed by atoms with E-state index in [1.54, 1.807) is 18.2 Å². The number of nitrogens with two attached hydrogens (primary N) is 1. The van der Waals surface area contributed by atoms with Crippen molar-refractivity contribution in [1.29, 1.82) is 0 Å². The first-order chi connectivity index (χ1) is 7.15. The Bertz CT molecular complexity index is 304. The smallest absolute Gasteiger partial charge is 0.115 e. The Morgan fingerprint density at radius 3 is 2.80 bits per heavy atom. The molecule has 0 bridgehead atoms. The van der Waals surface area contributed by atoms with Gasteiger partial charge in [-0.1, -0.05) is 12.1 Å². The van der Waals surface area contributed by atoms with Crippen molar-refractivity contribution in [1.82, 2.24) is 5.32 Å². The molecule has 0 spiro atoms. The lowest BCUT2D eigenvalue weighted by atomic mass is 10.0. The van der Waals surface area contributed by atoms with E-state index >= 15 is 0 Å². The van der Waals surface area contributed by atoms with Crippen LogP contribution in [0.4, 0.5) is 0 Å². The van der Waals surface area contributed by atoms with Crippen LogP contribution in [0.15, 0.2) is 24.3 Å². The van der Waals surface area contributed by atoms with Crippen LogP contribution in [0, 0.1) is 0 Å². The molecule has 1 aromatic rings. The first-order valence-corrected chi connectivity index (χ1v) is 5.02. The molecule has 0 saturated heterocycles. The van der Waals surface area contributed by atoms with Crippen LogP contribution in [0.3, 0.4) is 0 Å². The number of hydrogen-bond donors (Lipinski definition) is 4. The van der Waals surface area contributed by atoms with Gasteiger partial charge in [-0.25, -0.2) is 0 Å². The predicted molar refractivity (Wildman–Crippen MR) is 59.6 cm³/mol. The van der Waals surface area contributed by atoms with Crippen molar-refractivity contribution in [3.63, 3.8) is 0 Å². The largest absolute Gasteiger partial charge is 0.508 e. The number of rotatable bonds is 5. The lowest BCUT2D eigenvalue weighted by Crippen LogP contribution is -2.31. The molecule has 1 rings (SSSR count). The van der Waals surface area contributed by atoms with Gasteiger partial charge in [-0.2, -0.15) is 0 Å². The van der Waals surface area contributed by atoms with Gasteiger partial charge in [0.1, 0.15) is 5.75 Å². The Morgan fingerprint density at radius 2 is 2.20 bits per heavy atom. The summed E-state index contributed by atoms with van der Waals surface area (Å²) in [5.74, 6) is 0.146. The highest BCUT2D eigenvalue weighted by Crippen LogP contribution is 2.20. The monoisotopic (exact) mass is 210 g/mol. The number of hydrogen-bond acceptors (Lipinski definition) is 4. The number of benzene rings is 1. The molecule has 4 heteroatoms. The number of aliphatic hydroxyl groups excluding tert-OH is 1. The lowest BCUT2D eigenvalue weighted by molar-refractivity contribution is 0.142. The van der Waals surface area contributed by atoms with Gasteiger partial charge >= 0.3 is 0 Å². The normalized spacial score (nSPS) is 14.9. The van der Waals surface area contributed by atoms with Gasteiger partial charge in [0.15, 0.2) is 0 Å². The molecule has 2 unspecified atom stereocenters. The highest BCUT2D eigenvalue weighted by Gasteiger charge is 2.16. The Balaban J connectivity index is 2.62. The number of phenols is 1. The van der Waals surface area contributed by atoms with Gasteiger partial charge in [0.05, 0.1) is 6.10 Å². The van der Waals surface area contributed by atoms with E-state index < -0.39 is 6.10 Å². The van der Waals surface area contributed by atoms with Crippen molar-refractivity contribution in [2.75, 3.05) is 13.6 Å². The third-order valence-corrected chi connectivity index (χ3v) is 2.34. The Morgan fingerprint density at radius 1 is 1.47 bits per heavy atom. The van der Waals surface area contributed by atoms with Gasteiger partial charge in [0, 0.05) is 6.04 Å². The maximum absolute atomic E-state index is 9.88. The van der Waals surface area contributed by atoms with E-state index in [-0.39, 0.29) is 11.8 Å². The molecule has 0 fully saturated rings. The molecule has 0 aromatic heterocycles. The summed E-state index contributed by atoms with van der Waals surface area (Å²) in [4.78, 5) is 0. The molecule has 0 aliphatic rings. The Labute approximate surface area is 89.7 Å². The second-order valence-corrected chi connectivity index (χ2v) is 3.60. The van der Waals surface area contributed by atoms with Crippen LogP contribution in [-0.2, 0) is 0 Å². The molecule has 84 valence electrons. The van der Waals surface area contributed by atoms with E-state index in [0.29, 0.717) is 12.0 Å². The molecule has 0 radical (unpaired) electrons. The third kappa shape index (κ3) is 3.51. The average molecular weight is 210 g/mol. The molecular formula is C11H18N2O2. The minimum atomic E-state index is -0.731. The number of nitrogens with one attached hydrogen (secondary N) is 1. The molecule has 2 atom stereocenters. The summed E-state index contributed by atoms with van der Waals surface area (Å²) < 4.78 is 0. The van der Waals surface area contributed by atoms with E-state index in [9.17, 15) is 10.2 Å². The third-order valence-electron chi connectivity index (χ3n) is 2.34. The maximum Gasteiger partial charge on any atom is 0.115 e. The molecule has 5 N–H and O–H groups in total. The number of phenolic OH excluding ortho intramolecular Hbond substituents is 1. The first-order valence-electron chi connectivity index (χ1n) is 5.02. The summed E-state index contributed by atoms with van der Waals surface area (Å²) in [5, 5.41) is 22.1. The maximum atomic E-state index is 9.88. The van der Waals surface area contributed by atoms with E-state index in [1.165, 1.54) is 6.07 Å². The van der Waals surface area contributed by atoms with Crippen LogP contribution in [-0.4, -0.2) is 29.8 Å². The van der Waals surface area contributed by atoms with E-state index in [4.69, 9.17) is 5.73 Å². The van der Waals surface area contributed by atoms with Crippen LogP contribution >= 0.6 is 0 Å². The highest BCUT2D eigenvalue weighted by molar-refractivity contribution is 5.29. The van der Waals surface area contributed by atoms with Gasteiger partial charge in [-0.3, -0.25) is 0 Å². The van der Waals surface area contributed by atoms with Crippen molar-refractivity contribution in [3.8, 4) is 5.75 Å². The van der Waals surface area contributed by atoms with Crippen LogP contribution in [0.2, 0.25) is 0 Å². The lowest BCUT2D eigenvalue weighted by Gasteiger charge is -2.19. The van der Waals surface area contributed by atoms with Crippen LogP contribution in [0.1, 0.15) is 18.1 Å². The molecule has 0 aliphatic carbocycles. The van der Waals surface area contributed by atoms with Crippen molar-refractivity contribution in [3.05, 3.63) is 29.8 Å². The fourth-order valence-electron chi connectivity index (χ4n) is 1.42. The summed E-state index contributed by atoms with van der Waals surface area (Å²) in [6.45, 7) is 0.761. The summed E-state index contributed by atoms with van der Waals surface area (Å²) in [6.07, 6.45) is -0.0432. The minimum absolute atomic E-state index is 0.146. The standard InChI is InChI=1S/C11H18N2O2/c1-13-6-5-10(12)11(15)8-3-2-4-9(14)7-8/h2-4,7,10-11,13-15H,5-6,12H2,1H3. The second kappa shape index (κ2) is 5.70.